The van der Waals surface area contributed by atoms with Gasteiger partial charge in [-0.25, -0.2) is 12.7 Å². The lowest BCUT2D eigenvalue weighted by Gasteiger charge is -2.17. The van der Waals surface area contributed by atoms with E-state index in [1.165, 1.54) is 38.2 Å². The summed E-state index contributed by atoms with van der Waals surface area (Å²) < 4.78 is 25.4. The Morgan fingerprint density at radius 3 is 2.23 bits per heavy atom. The van der Waals surface area contributed by atoms with E-state index in [0.717, 1.165) is 4.31 Å². The Hall–Kier alpha value is -2.71. The van der Waals surface area contributed by atoms with Gasteiger partial charge in [-0.3, -0.25) is 9.59 Å². The predicted molar refractivity (Wildman–Crippen MR) is 99.3 cm³/mol. The van der Waals surface area contributed by atoms with Crippen LogP contribution in [0.4, 0.5) is 5.69 Å². The van der Waals surface area contributed by atoms with Crippen LogP contribution in [-0.2, 0) is 14.8 Å². The van der Waals surface area contributed by atoms with E-state index < -0.39 is 15.9 Å². The monoisotopic (exact) mass is 375 g/mol. The van der Waals surface area contributed by atoms with Gasteiger partial charge < -0.3 is 10.2 Å². The van der Waals surface area contributed by atoms with Crippen LogP contribution >= 0.6 is 0 Å². The third kappa shape index (κ3) is 4.68. The molecule has 0 radical (unpaired) electrons. The molecule has 8 heteroatoms. The maximum Gasteiger partial charge on any atom is 0.254 e. The zero-order valence-corrected chi connectivity index (χ0v) is 15.7. The maximum absolute atomic E-state index is 12.3. The van der Waals surface area contributed by atoms with Gasteiger partial charge in [0, 0.05) is 32.4 Å². The molecule has 0 aromatic heterocycles. The highest BCUT2D eigenvalue weighted by Gasteiger charge is 2.18. The molecule has 2 amide bonds. The Balaban J connectivity index is 2.05. The van der Waals surface area contributed by atoms with Crippen molar-refractivity contribution in [3.8, 4) is 0 Å². The summed E-state index contributed by atoms with van der Waals surface area (Å²) in [5.41, 5.74) is 0.834. The Morgan fingerprint density at radius 1 is 0.962 bits per heavy atom. The lowest BCUT2D eigenvalue weighted by atomic mass is 10.2. The second kappa shape index (κ2) is 8.11. The van der Waals surface area contributed by atoms with Crippen LogP contribution in [0.2, 0.25) is 0 Å². The fourth-order valence-corrected chi connectivity index (χ4v) is 3.18. The molecule has 0 aliphatic carbocycles. The SMILES string of the molecule is CN(CC(=O)Nc1cccc(S(=O)(=O)N(C)C)c1)C(=O)c1ccccc1. The van der Waals surface area contributed by atoms with Crippen molar-refractivity contribution in [3.63, 3.8) is 0 Å². The molecule has 0 unspecified atom stereocenters. The number of nitrogens with one attached hydrogen (secondary N) is 1. The zero-order valence-electron chi connectivity index (χ0n) is 14.8. The van der Waals surface area contributed by atoms with E-state index in [-0.39, 0.29) is 17.3 Å². The second-order valence-electron chi connectivity index (χ2n) is 5.89. The summed E-state index contributed by atoms with van der Waals surface area (Å²) in [7, 11) is 0.810. The number of anilines is 1. The van der Waals surface area contributed by atoms with Crippen molar-refractivity contribution in [2.75, 3.05) is 33.0 Å². The summed E-state index contributed by atoms with van der Waals surface area (Å²) in [5.74, 6) is -0.694. The third-order valence-electron chi connectivity index (χ3n) is 3.64. The standard InChI is InChI=1S/C18H21N3O4S/c1-20(2)26(24,25)16-11-7-10-15(12-16)19-17(22)13-21(3)18(23)14-8-5-4-6-9-14/h4-12H,13H2,1-3H3,(H,19,22). The first kappa shape index (κ1) is 19.6. The molecule has 0 spiro atoms. The molecule has 138 valence electrons. The summed E-state index contributed by atoms with van der Waals surface area (Å²) in [5, 5.41) is 2.61. The number of amides is 2. The van der Waals surface area contributed by atoms with Gasteiger partial charge in [0.25, 0.3) is 5.91 Å². The molecule has 0 aliphatic heterocycles. The number of carbonyl (C=O) groups excluding carboxylic acids is 2. The smallest absolute Gasteiger partial charge is 0.254 e. The summed E-state index contributed by atoms with van der Waals surface area (Å²) in [6, 6.07) is 14.6. The van der Waals surface area contributed by atoms with Gasteiger partial charge in [0.2, 0.25) is 15.9 Å². The predicted octanol–water partition coefficient (Wildman–Crippen LogP) is 1.65. The van der Waals surface area contributed by atoms with Gasteiger partial charge in [0.15, 0.2) is 0 Å². The van der Waals surface area contributed by atoms with Gasteiger partial charge in [-0.05, 0) is 30.3 Å². The summed E-state index contributed by atoms with van der Waals surface area (Å²) in [6.07, 6.45) is 0. The molecule has 0 atom stereocenters. The number of sulfonamides is 1. The molecular formula is C18H21N3O4S. The van der Waals surface area contributed by atoms with Crippen LogP contribution in [-0.4, -0.2) is 57.1 Å². The molecule has 2 aromatic rings. The Bertz CT molecular complexity index is 896. The van der Waals surface area contributed by atoms with Gasteiger partial charge in [0.05, 0.1) is 11.4 Å². The van der Waals surface area contributed by atoms with E-state index in [0.29, 0.717) is 11.3 Å². The van der Waals surface area contributed by atoms with E-state index in [1.807, 2.05) is 0 Å². The Morgan fingerprint density at radius 2 is 1.62 bits per heavy atom. The van der Waals surface area contributed by atoms with Crippen molar-refractivity contribution >= 4 is 27.5 Å². The van der Waals surface area contributed by atoms with Gasteiger partial charge in [-0.15, -0.1) is 0 Å². The molecule has 0 fully saturated rings. The molecule has 1 N–H and O–H groups in total. The molecule has 0 heterocycles. The van der Waals surface area contributed by atoms with Crippen LogP contribution in [0.3, 0.4) is 0 Å². The highest BCUT2D eigenvalue weighted by Crippen LogP contribution is 2.18. The number of nitrogens with zero attached hydrogens (tertiary/aromatic N) is 2. The van der Waals surface area contributed by atoms with Gasteiger partial charge in [-0.2, -0.15) is 0 Å². The van der Waals surface area contributed by atoms with E-state index in [2.05, 4.69) is 5.32 Å². The van der Waals surface area contributed by atoms with Crippen LogP contribution in [0.5, 0.6) is 0 Å². The molecule has 0 saturated heterocycles. The summed E-state index contributed by atoms with van der Waals surface area (Å²) in [6.45, 7) is -0.154. The lowest BCUT2D eigenvalue weighted by Crippen LogP contribution is -2.34. The molecule has 0 bridgehead atoms. The first-order valence-electron chi connectivity index (χ1n) is 7.85. The zero-order chi connectivity index (χ0) is 19.3. The largest absolute Gasteiger partial charge is 0.332 e. The first-order valence-corrected chi connectivity index (χ1v) is 9.29. The highest BCUT2D eigenvalue weighted by atomic mass is 32.2. The van der Waals surface area contributed by atoms with Crippen LogP contribution in [0.1, 0.15) is 10.4 Å². The van der Waals surface area contributed by atoms with Crippen molar-refractivity contribution < 1.29 is 18.0 Å². The average Bonchev–Trinajstić information content (AvgIpc) is 2.61. The Labute approximate surface area is 153 Å². The van der Waals surface area contributed by atoms with Crippen LogP contribution in [0.15, 0.2) is 59.5 Å². The van der Waals surface area contributed by atoms with Crippen molar-refractivity contribution in [1.82, 2.24) is 9.21 Å². The summed E-state index contributed by atoms with van der Waals surface area (Å²) in [4.78, 5) is 25.8. The molecular weight excluding hydrogens is 354 g/mol. The molecule has 2 rings (SSSR count). The van der Waals surface area contributed by atoms with E-state index >= 15 is 0 Å². The first-order chi connectivity index (χ1) is 12.2. The number of hydrogen-bond donors (Lipinski definition) is 1. The van der Waals surface area contributed by atoms with Crippen LogP contribution < -0.4 is 5.32 Å². The molecule has 2 aromatic carbocycles. The fourth-order valence-electron chi connectivity index (χ4n) is 2.23. The number of hydrogen-bond acceptors (Lipinski definition) is 4. The van der Waals surface area contributed by atoms with E-state index in [9.17, 15) is 18.0 Å². The second-order valence-corrected chi connectivity index (χ2v) is 8.04. The topological polar surface area (TPSA) is 86.8 Å². The van der Waals surface area contributed by atoms with Crippen molar-refractivity contribution in [2.45, 2.75) is 4.90 Å². The normalized spacial score (nSPS) is 11.2. The minimum absolute atomic E-state index is 0.0778. The molecule has 0 saturated carbocycles. The molecule has 0 aliphatic rings. The Kier molecular flexibility index (Phi) is 6.12. The number of likely N-dealkylation sites (N-methyl/N-ethyl adjacent to an activating group) is 1. The van der Waals surface area contributed by atoms with Crippen molar-refractivity contribution in [3.05, 3.63) is 60.2 Å². The van der Waals surface area contributed by atoms with Crippen LogP contribution in [0, 0.1) is 0 Å². The minimum Gasteiger partial charge on any atom is -0.332 e. The van der Waals surface area contributed by atoms with Crippen molar-refractivity contribution in [2.24, 2.45) is 0 Å². The van der Waals surface area contributed by atoms with E-state index in [4.69, 9.17) is 0 Å². The highest BCUT2D eigenvalue weighted by molar-refractivity contribution is 7.89. The van der Waals surface area contributed by atoms with Gasteiger partial charge in [0.1, 0.15) is 0 Å². The summed E-state index contributed by atoms with van der Waals surface area (Å²) >= 11 is 0. The third-order valence-corrected chi connectivity index (χ3v) is 5.46. The van der Waals surface area contributed by atoms with Crippen LogP contribution in [0.25, 0.3) is 0 Å². The van der Waals surface area contributed by atoms with Gasteiger partial charge >= 0.3 is 0 Å². The van der Waals surface area contributed by atoms with Crippen molar-refractivity contribution in [1.29, 1.82) is 0 Å². The number of benzene rings is 2. The molecule has 7 nitrogen and oxygen atoms in total. The molecule has 26 heavy (non-hydrogen) atoms. The van der Waals surface area contributed by atoms with E-state index in [1.54, 1.807) is 42.5 Å². The maximum atomic E-state index is 12.3. The quantitative estimate of drug-likeness (QED) is 0.832. The number of rotatable bonds is 6. The number of carbonyl (C=O) groups is 2. The van der Waals surface area contributed by atoms with Gasteiger partial charge in [-0.1, -0.05) is 24.3 Å². The minimum atomic E-state index is -3.59. The lowest BCUT2D eigenvalue weighted by molar-refractivity contribution is -0.116. The fraction of sp³-hybridized carbons (Fsp3) is 0.222. The average molecular weight is 375 g/mol.